The van der Waals surface area contributed by atoms with Gasteiger partial charge in [0.05, 0.1) is 0 Å². The van der Waals surface area contributed by atoms with Crippen molar-refractivity contribution in [2.24, 2.45) is 5.92 Å². The largest absolute Gasteiger partial charge is 0.508 e. The first kappa shape index (κ1) is 13.9. The van der Waals surface area contributed by atoms with Crippen molar-refractivity contribution in [1.29, 1.82) is 0 Å². The van der Waals surface area contributed by atoms with Crippen LogP contribution in [0, 0.1) is 5.92 Å². The lowest BCUT2D eigenvalue weighted by atomic mass is 10.1. The first-order chi connectivity index (χ1) is 9.08. The van der Waals surface area contributed by atoms with Crippen molar-refractivity contribution in [2.75, 3.05) is 27.2 Å². The molecule has 1 aliphatic rings. The molecule has 2 N–H and O–H groups in total. The number of carbonyl (C=O) groups is 1. The van der Waals surface area contributed by atoms with E-state index >= 15 is 0 Å². The Morgan fingerprint density at radius 1 is 1.37 bits per heavy atom. The number of hydrogen-bond acceptors (Lipinski definition) is 3. The Morgan fingerprint density at radius 3 is 2.68 bits per heavy atom. The highest BCUT2D eigenvalue weighted by molar-refractivity contribution is 5.82. The van der Waals surface area contributed by atoms with Gasteiger partial charge in [-0.05, 0) is 57.1 Å². The van der Waals surface area contributed by atoms with Crippen molar-refractivity contribution in [3.63, 3.8) is 0 Å². The number of amides is 1. The van der Waals surface area contributed by atoms with Gasteiger partial charge < -0.3 is 15.3 Å². The summed E-state index contributed by atoms with van der Waals surface area (Å²) in [7, 11) is 4.06. The van der Waals surface area contributed by atoms with Crippen LogP contribution in [0.2, 0.25) is 0 Å². The van der Waals surface area contributed by atoms with Crippen molar-refractivity contribution in [1.82, 2.24) is 10.2 Å². The summed E-state index contributed by atoms with van der Waals surface area (Å²) in [6.45, 7) is 1.74. The van der Waals surface area contributed by atoms with Gasteiger partial charge in [-0.25, -0.2) is 0 Å². The number of aromatic hydroxyl groups is 1. The molecule has 0 saturated heterocycles. The average molecular weight is 262 g/mol. The monoisotopic (exact) mass is 262 g/mol. The summed E-state index contributed by atoms with van der Waals surface area (Å²) in [6.07, 6.45) is 1.90. The SMILES string of the molecule is CN(C)CCCNC(=O)C1CC1c1ccc(O)cc1. The summed E-state index contributed by atoms with van der Waals surface area (Å²) in [5.41, 5.74) is 1.14. The van der Waals surface area contributed by atoms with E-state index in [9.17, 15) is 9.90 Å². The Kier molecular flexibility index (Phi) is 4.43. The molecule has 2 atom stereocenters. The first-order valence-electron chi connectivity index (χ1n) is 6.79. The third kappa shape index (κ3) is 3.96. The van der Waals surface area contributed by atoms with E-state index in [0.29, 0.717) is 5.92 Å². The molecular formula is C15H22N2O2. The molecule has 0 bridgehead atoms. The van der Waals surface area contributed by atoms with E-state index in [2.05, 4.69) is 10.2 Å². The van der Waals surface area contributed by atoms with Gasteiger partial charge in [-0.2, -0.15) is 0 Å². The fourth-order valence-corrected chi connectivity index (χ4v) is 2.31. The summed E-state index contributed by atoms with van der Waals surface area (Å²) in [5, 5.41) is 12.2. The van der Waals surface area contributed by atoms with E-state index in [0.717, 1.165) is 31.5 Å². The Morgan fingerprint density at radius 2 is 2.05 bits per heavy atom. The standard InChI is InChI=1S/C15H22N2O2/c1-17(2)9-3-8-16-15(19)14-10-13(14)11-4-6-12(18)7-5-11/h4-7,13-14,18H,3,8-10H2,1-2H3,(H,16,19). The average Bonchev–Trinajstić information content (AvgIpc) is 3.15. The van der Waals surface area contributed by atoms with Gasteiger partial charge in [-0.3, -0.25) is 4.79 Å². The van der Waals surface area contributed by atoms with Gasteiger partial charge in [0.1, 0.15) is 5.75 Å². The molecular weight excluding hydrogens is 240 g/mol. The molecule has 0 heterocycles. The van der Waals surface area contributed by atoms with Gasteiger partial charge >= 0.3 is 0 Å². The lowest BCUT2D eigenvalue weighted by Gasteiger charge is -2.09. The molecule has 104 valence electrons. The number of nitrogens with zero attached hydrogens (tertiary/aromatic N) is 1. The zero-order valence-electron chi connectivity index (χ0n) is 11.6. The molecule has 2 unspecified atom stereocenters. The van der Waals surface area contributed by atoms with E-state index in [1.807, 2.05) is 26.2 Å². The zero-order valence-corrected chi connectivity index (χ0v) is 11.6. The smallest absolute Gasteiger partial charge is 0.223 e. The van der Waals surface area contributed by atoms with Gasteiger partial charge in [0.15, 0.2) is 0 Å². The molecule has 1 amide bonds. The number of carbonyl (C=O) groups excluding carboxylic acids is 1. The number of phenolic OH excluding ortho intramolecular Hbond substituents is 1. The molecule has 0 spiro atoms. The third-order valence-corrected chi connectivity index (χ3v) is 3.53. The Bertz CT molecular complexity index is 428. The number of rotatable bonds is 6. The van der Waals surface area contributed by atoms with Crippen molar-refractivity contribution in [2.45, 2.75) is 18.8 Å². The topological polar surface area (TPSA) is 52.6 Å². The predicted octanol–water partition coefficient (Wildman–Crippen LogP) is 1.56. The van der Waals surface area contributed by atoms with Crippen LogP contribution in [-0.4, -0.2) is 43.1 Å². The minimum absolute atomic E-state index is 0.115. The van der Waals surface area contributed by atoms with Gasteiger partial charge in [0.2, 0.25) is 5.91 Å². The molecule has 4 nitrogen and oxygen atoms in total. The summed E-state index contributed by atoms with van der Waals surface area (Å²) in [4.78, 5) is 14.0. The Labute approximate surface area is 114 Å². The van der Waals surface area contributed by atoms with Crippen molar-refractivity contribution in [3.05, 3.63) is 29.8 Å². The molecule has 1 aromatic carbocycles. The molecule has 0 radical (unpaired) electrons. The van der Waals surface area contributed by atoms with E-state index in [-0.39, 0.29) is 17.6 Å². The zero-order chi connectivity index (χ0) is 13.8. The van der Waals surface area contributed by atoms with Crippen LogP contribution in [-0.2, 0) is 4.79 Å². The van der Waals surface area contributed by atoms with Gasteiger partial charge in [-0.1, -0.05) is 12.1 Å². The van der Waals surface area contributed by atoms with Crippen molar-refractivity contribution < 1.29 is 9.90 Å². The summed E-state index contributed by atoms with van der Waals surface area (Å²) >= 11 is 0. The summed E-state index contributed by atoms with van der Waals surface area (Å²) in [6, 6.07) is 7.16. The Balaban J connectivity index is 1.73. The molecule has 2 rings (SSSR count). The van der Waals surface area contributed by atoms with Crippen LogP contribution in [0.1, 0.15) is 24.3 Å². The maximum atomic E-state index is 11.9. The van der Waals surface area contributed by atoms with Gasteiger partial charge in [0.25, 0.3) is 0 Å². The van der Waals surface area contributed by atoms with Crippen LogP contribution < -0.4 is 5.32 Å². The van der Waals surface area contributed by atoms with E-state index in [4.69, 9.17) is 0 Å². The van der Waals surface area contributed by atoms with E-state index < -0.39 is 0 Å². The number of benzene rings is 1. The molecule has 4 heteroatoms. The number of nitrogens with one attached hydrogen (secondary N) is 1. The Hall–Kier alpha value is -1.55. The van der Waals surface area contributed by atoms with Gasteiger partial charge in [0, 0.05) is 12.5 Å². The molecule has 19 heavy (non-hydrogen) atoms. The third-order valence-electron chi connectivity index (χ3n) is 3.53. The maximum Gasteiger partial charge on any atom is 0.223 e. The predicted molar refractivity (Wildman–Crippen MR) is 75.1 cm³/mol. The van der Waals surface area contributed by atoms with Crippen LogP contribution in [0.15, 0.2) is 24.3 Å². The molecule has 1 aliphatic carbocycles. The maximum absolute atomic E-state index is 11.9. The summed E-state index contributed by atoms with van der Waals surface area (Å²) in [5.74, 6) is 0.879. The quantitative estimate of drug-likeness (QED) is 0.765. The van der Waals surface area contributed by atoms with Crippen molar-refractivity contribution in [3.8, 4) is 5.75 Å². The van der Waals surface area contributed by atoms with E-state index in [1.54, 1.807) is 12.1 Å². The van der Waals surface area contributed by atoms with Crippen LogP contribution in [0.25, 0.3) is 0 Å². The molecule has 0 aromatic heterocycles. The lowest BCUT2D eigenvalue weighted by molar-refractivity contribution is -0.122. The normalized spacial score (nSPS) is 21.4. The second-order valence-corrected chi connectivity index (χ2v) is 5.49. The van der Waals surface area contributed by atoms with E-state index in [1.165, 1.54) is 0 Å². The number of hydrogen-bond donors (Lipinski definition) is 2. The van der Waals surface area contributed by atoms with Crippen LogP contribution >= 0.6 is 0 Å². The summed E-state index contributed by atoms with van der Waals surface area (Å²) < 4.78 is 0. The van der Waals surface area contributed by atoms with Crippen LogP contribution in [0.4, 0.5) is 0 Å². The number of phenols is 1. The van der Waals surface area contributed by atoms with Gasteiger partial charge in [-0.15, -0.1) is 0 Å². The second kappa shape index (κ2) is 6.06. The fraction of sp³-hybridized carbons (Fsp3) is 0.533. The molecule has 0 aliphatic heterocycles. The minimum Gasteiger partial charge on any atom is -0.508 e. The fourth-order valence-electron chi connectivity index (χ4n) is 2.31. The van der Waals surface area contributed by atoms with Crippen molar-refractivity contribution >= 4 is 5.91 Å². The highest BCUT2D eigenvalue weighted by Crippen LogP contribution is 2.47. The highest BCUT2D eigenvalue weighted by Gasteiger charge is 2.43. The first-order valence-corrected chi connectivity index (χ1v) is 6.79. The molecule has 1 fully saturated rings. The van der Waals surface area contributed by atoms with Crippen LogP contribution in [0.3, 0.4) is 0 Å². The lowest BCUT2D eigenvalue weighted by Crippen LogP contribution is -2.28. The minimum atomic E-state index is 0.115. The molecule has 1 saturated carbocycles. The van der Waals surface area contributed by atoms with Crippen LogP contribution in [0.5, 0.6) is 5.75 Å². The highest BCUT2D eigenvalue weighted by atomic mass is 16.3. The second-order valence-electron chi connectivity index (χ2n) is 5.49. The molecule has 1 aromatic rings.